The molecule has 0 aliphatic carbocycles. The van der Waals surface area contributed by atoms with Crippen LogP contribution in [0.4, 0.5) is 0 Å². The molecule has 2 aromatic rings. The molecule has 1 aromatic carbocycles. The van der Waals surface area contributed by atoms with Crippen molar-refractivity contribution in [1.82, 2.24) is 9.47 Å². The number of aromatic nitrogens is 1. The lowest BCUT2D eigenvalue weighted by atomic mass is 10.2. The van der Waals surface area contributed by atoms with Gasteiger partial charge in [-0.25, -0.2) is 4.79 Å². The molecule has 0 saturated carbocycles. The van der Waals surface area contributed by atoms with Crippen molar-refractivity contribution in [3.63, 3.8) is 0 Å². The van der Waals surface area contributed by atoms with Gasteiger partial charge in [0.25, 0.3) is 5.56 Å². The highest BCUT2D eigenvalue weighted by molar-refractivity contribution is 7.07. The Morgan fingerprint density at radius 2 is 1.93 bits per heavy atom. The molecule has 162 valence electrons. The summed E-state index contributed by atoms with van der Waals surface area (Å²) in [5.74, 6) is -0.543. The standard InChI is InChI=1S/C21H26N2O6S/c1-5-22(6-2)18(25)13-23-19(12-20(26)29-7-3)30-17(21(23)27)11-14-8-9-16(28-4)15(24)10-14/h8-12,24H,5-7,13H2,1-4H3/b17-11-,19-12-. The summed E-state index contributed by atoms with van der Waals surface area (Å²) >= 11 is 1.07. The van der Waals surface area contributed by atoms with Gasteiger partial charge in [-0.05, 0) is 44.5 Å². The molecule has 1 N–H and O–H groups in total. The molecule has 8 nitrogen and oxygen atoms in total. The highest BCUT2D eigenvalue weighted by atomic mass is 32.1. The van der Waals surface area contributed by atoms with Crippen molar-refractivity contribution >= 4 is 35.4 Å². The lowest BCUT2D eigenvalue weighted by Crippen LogP contribution is -2.40. The second-order valence-electron chi connectivity index (χ2n) is 6.23. The van der Waals surface area contributed by atoms with E-state index in [0.29, 0.717) is 33.6 Å². The van der Waals surface area contributed by atoms with Crippen LogP contribution in [0.25, 0.3) is 12.2 Å². The van der Waals surface area contributed by atoms with Gasteiger partial charge in [0.1, 0.15) is 11.2 Å². The Bertz CT molecular complexity index is 1080. The summed E-state index contributed by atoms with van der Waals surface area (Å²) in [5, 5.41) is 9.97. The number of likely N-dealkylation sites (N-methyl/N-ethyl adjacent to an activating group) is 1. The molecular weight excluding hydrogens is 408 g/mol. The number of benzene rings is 1. The number of amides is 1. The maximum Gasteiger partial charge on any atom is 0.333 e. The molecule has 0 unspecified atom stereocenters. The van der Waals surface area contributed by atoms with Crippen molar-refractivity contribution in [2.45, 2.75) is 27.3 Å². The highest BCUT2D eigenvalue weighted by Gasteiger charge is 2.15. The molecule has 0 aliphatic rings. The van der Waals surface area contributed by atoms with E-state index in [0.717, 1.165) is 11.3 Å². The molecule has 0 saturated heterocycles. The van der Waals surface area contributed by atoms with Crippen LogP contribution in [0.15, 0.2) is 23.0 Å². The molecule has 0 atom stereocenters. The summed E-state index contributed by atoms with van der Waals surface area (Å²) in [5.41, 5.74) is 0.183. The first-order valence-electron chi connectivity index (χ1n) is 9.59. The van der Waals surface area contributed by atoms with E-state index < -0.39 is 11.5 Å². The third kappa shape index (κ3) is 5.50. The van der Waals surface area contributed by atoms with Gasteiger partial charge in [0, 0.05) is 13.1 Å². The Morgan fingerprint density at radius 3 is 2.50 bits per heavy atom. The second-order valence-corrected chi connectivity index (χ2v) is 7.30. The number of methoxy groups -OCH3 is 1. The van der Waals surface area contributed by atoms with Gasteiger partial charge in [-0.3, -0.25) is 14.2 Å². The molecule has 1 aromatic heterocycles. The van der Waals surface area contributed by atoms with E-state index in [1.165, 1.54) is 23.8 Å². The number of aromatic hydroxyl groups is 1. The van der Waals surface area contributed by atoms with Crippen LogP contribution in [0, 0.1) is 0 Å². The number of esters is 1. The van der Waals surface area contributed by atoms with Gasteiger partial charge in [0.2, 0.25) is 5.91 Å². The molecular formula is C21H26N2O6S. The van der Waals surface area contributed by atoms with E-state index in [-0.39, 0.29) is 24.8 Å². The Balaban J connectivity index is 2.59. The monoisotopic (exact) mass is 434 g/mol. The zero-order valence-corrected chi connectivity index (χ0v) is 18.3. The van der Waals surface area contributed by atoms with E-state index in [1.54, 1.807) is 30.0 Å². The van der Waals surface area contributed by atoms with Crippen LogP contribution in [0.5, 0.6) is 11.5 Å². The Kier molecular flexibility index (Phi) is 8.23. The summed E-state index contributed by atoms with van der Waals surface area (Å²) in [4.78, 5) is 39.1. The number of rotatable bonds is 8. The number of carbonyl (C=O) groups excluding carboxylic acids is 2. The van der Waals surface area contributed by atoms with Crippen LogP contribution in [0.3, 0.4) is 0 Å². The minimum Gasteiger partial charge on any atom is -0.504 e. The molecule has 0 aliphatic heterocycles. The Hall–Kier alpha value is -3.07. The minimum atomic E-state index is -0.587. The summed E-state index contributed by atoms with van der Waals surface area (Å²) in [7, 11) is 1.45. The number of phenols is 1. The Labute approximate surface area is 178 Å². The van der Waals surface area contributed by atoms with Crippen molar-refractivity contribution < 1.29 is 24.2 Å². The third-order valence-corrected chi connectivity index (χ3v) is 5.43. The van der Waals surface area contributed by atoms with Gasteiger partial charge in [-0.1, -0.05) is 6.07 Å². The molecule has 0 spiro atoms. The number of thiazole rings is 1. The van der Waals surface area contributed by atoms with Gasteiger partial charge in [0.15, 0.2) is 11.5 Å². The minimum absolute atomic E-state index is 0.0573. The number of phenolic OH excluding ortho intramolecular Hbond substituents is 1. The van der Waals surface area contributed by atoms with Crippen LogP contribution >= 0.6 is 11.3 Å². The Morgan fingerprint density at radius 1 is 1.23 bits per heavy atom. The predicted octanol–water partition coefficient (Wildman–Crippen LogP) is 0.665. The number of hydrogen-bond donors (Lipinski definition) is 1. The number of hydrogen-bond acceptors (Lipinski definition) is 7. The fraction of sp³-hybridized carbons (Fsp3) is 0.381. The van der Waals surface area contributed by atoms with Crippen molar-refractivity contribution in [2.75, 3.05) is 26.8 Å². The van der Waals surface area contributed by atoms with Crippen molar-refractivity contribution in [3.8, 4) is 11.5 Å². The first-order valence-corrected chi connectivity index (χ1v) is 10.4. The molecule has 2 rings (SSSR count). The SMILES string of the molecule is CCOC(=O)/C=c1\s/c(=C\c2ccc(OC)c(O)c2)c(=O)n1CC(=O)N(CC)CC. The van der Waals surface area contributed by atoms with Gasteiger partial charge >= 0.3 is 5.97 Å². The topological polar surface area (TPSA) is 98.1 Å². The molecule has 30 heavy (non-hydrogen) atoms. The van der Waals surface area contributed by atoms with Crippen LogP contribution < -0.4 is 19.5 Å². The smallest absolute Gasteiger partial charge is 0.333 e. The fourth-order valence-electron chi connectivity index (χ4n) is 2.84. The molecule has 0 bridgehead atoms. The quantitative estimate of drug-likeness (QED) is 0.613. The average Bonchev–Trinajstić information content (AvgIpc) is 2.98. The molecule has 1 amide bonds. The number of nitrogens with zero attached hydrogens (tertiary/aromatic N) is 2. The molecule has 0 radical (unpaired) electrons. The van der Waals surface area contributed by atoms with Crippen molar-refractivity contribution in [1.29, 1.82) is 0 Å². The summed E-state index contributed by atoms with van der Waals surface area (Å²) in [6.07, 6.45) is 2.81. The maximum atomic E-state index is 13.0. The van der Waals surface area contributed by atoms with Crippen molar-refractivity contribution in [2.24, 2.45) is 0 Å². The molecule has 1 heterocycles. The summed E-state index contributed by atoms with van der Waals surface area (Å²) in [6.45, 7) is 6.48. The maximum absolute atomic E-state index is 13.0. The van der Waals surface area contributed by atoms with Gasteiger partial charge in [0.05, 0.1) is 24.3 Å². The first kappa shape index (κ1) is 23.2. The molecule has 0 fully saturated rings. The van der Waals surface area contributed by atoms with Gasteiger partial charge in [-0.2, -0.15) is 0 Å². The average molecular weight is 435 g/mol. The molecule has 9 heteroatoms. The first-order chi connectivity index (χ1) is 14.3. The zero-order valence-electron chi connectivity index (χ0n) is 17.5. The van der Waals surface area contributed by atoms with Crippen LogP contribution in [0.2, 0.25) is 0 Å². The predicted molar refractivity (Wildman–Crippen MR) is 115 cm³/mol. The normalized spacial score (nSPS) is 12.1. The lowest BCUT2D eigenvalue weighted by molar-refractivity contribution is -0.135. The van der Waals surface area contributed by atoms with Gasteiger partial charge in [-0.15, -0.1) is 11.3 Å². The van der Waals surface area contributed by atoms with Crippen LogP contribution in [-0.4, -0.2) is 53.3 Å². The van der Waals surface area contributed by atoms with Crippen LogP contribution in [0.1, 0.15) is 26.3 Å². The van der Waals surface area contributed by atoms with E-state index in [1.807, 2.05) is 13.8 Å². The van der Waals surface area contributed by atoms with Gasteiger partial charge < -0.3 is 19.5 Å². The number of ether oxygens (including phenoxy) is 2. The van der Waals surface area contributed by atoms with Crippen LogP contribution in [-0.2, 0) is 20.9 Å². The summed E-state index contributed by atoms with van der Waals surface area (Å²) < 4.78 is 11.9. The van der Waals surface area contributed by atoms with E-state index >= 15 is 0 Å². The second kappa shape index (κ2) is 10.6. The number of carbonyl (C=O) groups is 2. The van der Waals surface area contributed by atoms with E-state index in [4.69, 9.17) is 9.47 Å². The van der Waals surface area contributed by atoms with E-state index in [9.17, 15) is 19.5 Å². The zero-order chi connectivity index (χ0) is 22.3. The highest BCUT2D eigenvalue weighted by Crippen LogP contribution is 2.26. The fourth-order valence-corrected chi connectivity index (χ4v) is 3.87. The van der Waals surface area contributed by atoms with E-state index in [2.05, 4.69) is 0 Å². The van der Waals surface area contributed by atoms with Crippen molar-refractivity contribution in [3.05, 3.63) is 43.3 Å². The lowest BCUT2D eigenvalue weighted by Gasteiger charge is -2.18. The largest absolute Gasteiger partial charge is 0.504 e. The summed E-state index contributed by atoms with van der Waals surface area (Å²) in [6, 6.07) is 4.75. The third-order valence-electron chi connectivity index (χ3n) is 4.37.